The van der Waals surface area contributed by atoms with Crippen molar-refractivity contribution in [1.82, 2.24) is 0 Å². The second-order valence-corrected chi connectivity index (χ2v) is 5.51. The van der Waals surface area contributed by atoms with Crippen LogP contribution in [0.4, 0.5) is 5.69 Å². The smallest absolute Gasteiger partial charge is 0.124 e. The van der Waals surface area contributed by atoms with Gasteiger partial charge in [0.15, 0.2) is 0 Å². The van der Waals surface area contributed by atoms with Crippen LogP contribution < -0.4 is 10.1 Å². The summed E-state index contributed by atoms with van der Waals surface area (Å²) >= 11 is 12.2. The minimum atomic E-state index is 0.463. The van der Waals surface area contributed by atoms with E-state index in [0.717, 1.165) is 27.6 Å². The molecule has 1 N–H and O–H groups in total. The Balaban J connectivity index is 2.12. The van der Waals surface area contributed by atoms with Crippen molar-refractivity contribution >= 4 is 28.9 Å². The Bertz CT molecular complexity index is 641. The zero-order valence-corrected chi connectivity index (χ0v) is 13.3. The summed E-state index contributed by atoms with van der Waals surface area (Å²) < 4.78 is 5.63. The van der Waals surface area contributed by atoms with E-state index < -0.39 is 0 Å². The number of halogens is 2. The predicted molar refractivity (Wildman–Crippen MR) is 90.7 cm³/mol. The molecular formula is C17H17Cl2NO. The second-order valence-electron chi connectivity index (χ2n) is 4.67. The van der Waals surface area contributed by atoms with Crippen LogP contribution in [0.2, 0.25) is 10.0 Å². The minimum absolute atomic E-state index is 0.463. The highest BCUT2D eigenvalue weighted by Crippen LogP contribution is 2.25. The van der Waals surface area contributed by atoms with Crippen LogP contribution in [0.25, 0.3) is 0 Å². The number of ether oxygens (including phenoxy) is 1. The first-order valence-electron chi connectivity index (χ1n) is 6.62. The topological polar surface area (TPSA) is 21.3 Å². The Morgan fingerprint density at radius 1 is 1.19 bits per heavy atom. The molecule has 0 radical (unpaired) electrons. The van der Waals surface area contributed by atoms with Gasteiger partial charge in [0, 0.05) is 27.8 Å². The highest BCUT2D eigenvalue weighted by molar-refractivity contribution is 6.31. The normalized spacial score (nSPS) is 10.2. The van der Waals surface area contributed by atoms with E-state index in [1.165, 1.54) is 0 Å². The minimum Gasteiger partial charge on any atom is -0.489 e. The van der Waals surface area contributed by atoms with Gasteiger partial charge in [0.2, 0.25) is 0 Å². The first kappa shape index (κ1) is 15.7. The van der Waals surface area contributed by atoms with Gasteiger partial charge in [0.05, 0.1) is 0 Å². The molecule has 4 heteroatoms. The number of hydrogen-bond donors (Lipinski definition) is 1. The van der Waals surface area contributed by atoms with E-state index in [1.807, 2.05) is 43.3 Å². The molecule has 0 fully saturated rings. The third-order valence-electron chi connectivity index (χ3n) is 3.03. The van der Waals surface area contributed by atoms with Crippen molar-refractivity contribution in [3.05, 3.63) is 70.2 Å². The Labute approximate surface area is 135 Å². The van der Waals surface area contributed by atoms with Gasteiger partial charge < -0.3 is 10.1 Å². The van der Waals surface area contributed by atoms with Gasteiger partial charge in [0.25, 0.3) is 0 Å². The van der Waals surface area contributed by atoms with E-state index in [4.69, 9.17) is 27.9 Å². The van der Waals surface area contributed by atoms with Gasteiger partial charge in [-0.25, -0.2) is 0 Å². The third kappa shape index (κ3) is 4.42. The van der Waals surface area contributed by atoms with Crippen molar-refractivity contribution in [3.8, 4) is 5.75 Å². The predicted octanol–water partition coefficient (Wildman–Crippen LogP) is 5.48. The van der Waals surface area contributed by atoms with Gasteiger partial charge in [-0.05, 0) is 42.8 Å². The third-order valence-corrected chi connectivity index (χ3v) is 3.68. The Morgan fingerprint density at radius 2 is 2.00 bits per heavy atom. The van der Waals surface area contributed by atoms with E-state index in [2.05, 4.69) is 11.9 Å². The molecule has 0 aliphatic heterocycles. The molecule has 0 atom stereocenters. The molecule has 0 aromatic heterocycles. The van der Waals surface area contributed by atoms with Crippen LogP contribution in [-0.4, -0.2) is 6.61 Å². The quantitative estimate of drug-likeness (QED) is 0.711. The number of benzene rings is 2. The maximum Gasteiger partial charge on any atom is 0.124 e. The van der Waals surface area contributed by atoms with E-state index in [-0.39, 0.29) is 0 Å². The SMILES string of the molecule is C=CCOc1ccc(Cl)cc1CNc1ccc(C)c(Cl)c1. The summed E-state index contributed by atoms with van der Waals surface area (Å²) in [4.78, 5) is 0. The average Bonchev–Trinajstić information content (AvgIpc) is 2.47. The van der Waals surface area contributed by atoms with E-state index in [1.54, 1.807) is 6.08 Å². The summed E-state index contributed by atoms with van der Waals surface area (Å²) in [5.41, 5.74) is 3.00. The lowest BCUT2D eigenvalue weighted by Crippen LogP contribution is -2.03. The lowest BCUT2D eigenvalue weighted by Gasteiger charge is -2.13. The lowest BCUT2D eigenvalue weighted by atomic mass is 10.2. The van der Waals surface area contributed by atoms with Crippen LogP contribution in [0.1, 0.15) is 11.1 Å². The fourth-order valence-corrected chi connectivity index (χ4v) is 2.25. The molecule has 0 saturated carbocycles. The largest absolute Gasteiger partial charge is 0.489 e. The molecule has 2 aromatic carbocycles. The standard InChI is InChI=1S/C17H17Cl2NO/c1-3-8-21-17-7-5-14(18)9-13(17)11-20-15-6-4-12(2)16(19)10-15/h3-7,9-10,20H,1,8,11H2,2H3. The molecule has 110 valence electrons. The average molecular weight is 322 g/mol. The van der Waals surface area contributed by atoms with Crippen LogP contribution in [0.3, 0.4) is 0 Å². The summed E-state index contributed by atoms with van der Waals surface area (Å²) in [5, 5.41) is 4.75. The Kier molecular flexibility index (Phi) is 5.54. The molecule has 0 unspecified atom stereocenters. The summed E-state index contributed by atoms with van der Waals surface area (Å²) in [5.74, 6) is 0.796. The van der Waals surface area contributed by atoms with Crippen molar-refractivity contribution in [2.24, 2.45) is 0 Å². The van der Waals surface area contributed by atoms with Gasteiger partial charge in [-0.2, -0.15) is 0 Å². The first-order valence-corrected chi connectivity index (χ1v) is 7.38. The Morgan fingerprint density at radius 3 is 2.71 bits per heavy atom. The first-order chi connectivity index (χ1) is 10.1. The molecule has 0 saturated heterocycles. The molecule has 0 heterocycles. The zero-order valence-electron chi connectivity index (χ0n) is 11.8. The van der Waals surface area contributed by atoms with Crippen molar-refractivity contribution in [2.75, 3.05) is 11.9 Å². The van der Waals surface area contributed by atoms with Crippen molar-refractivity contribution in [2.45, 2.75) is 13.5 Å². The molecule has 2 nitrogen and oxygen atoms in total. The van der Waals surface area contributed by atoms with Crippen LogP contribution >= 0.6 is 23.2 Å². The molecule has 0 bridgehead atoms. The van der Waals surface area contributed by atoms with Gasteiger partial charge in [-0.1, -0.05) is 41.9 Å². The van der Waals surface area contributed by atoms with E-state index in [9.17, 15) is 0 Å². The summed E-state index contributed by atoms with van der Waals surface area (Å²) in [6.45, 7) is 6.70. The summed E-state index contributed by atoms with van der Waals surface area (Å²) in [7, 11) is 0. The van der Waals surface area contributed by atoms with E-state index >= 15 is 0 Å². The number of rotatable bonds is 6. The van der Waals surface area contributed by atoms with Gasteiger partial charge >= 0.3 is 0 Å². The van der Waals surface area contributed by atoms with Crippen LogP contribution in [0.15, 0.2) is 49.1 Å². The van der Waals surface area contributed by atoms with Crippen molar-refractivity contribution in [3.63, 3.8) is 0 Å². The van der Waals surface area contributed by atoms with Gasteiger partial charge in [-0.15, -0.1) is 0 Å². The zero-order chi connectivity index (χ0) is 15.2. The molecule has 0 aliphatic rings. The fraction of sp³-hybridized carbons (Fsp3) is 0.176. The van der Waals surface area contributed by atoms with Crippen LogP contribution in [-0.2, 0) is 6.54 Å². The molecular weight excluding hydrogens is 305 g/mol. The molecule has 2 rings (SSSR count). The van der Waals surface area contributed by atoms with Gasteiger partial charge in [0.1, 0.15) is 12.4 Å². The molecule has 21 heavy (non-hydrogen) atoms. The highest BCUT2D eigenvalue weighted by Gasteiger charge is 2.05. The summed E-state index contributed by atoms with van der Waals surface area (Å²) in [6, 6.07) is 11.5. The van der Waals surface area contributed by atoms with Gasteiger partial charge in [-0.3, -0.25) is 0 Å². The van der Waals surface area contributed by atoms with E-state index in [0.29, 0.717) is 18.2 Å². The van der Waals surface area contributed by atoms with Crippen molar-refractivity contribution in [1.29, 1.82) is 0 Å². The Hall–Kier alpha value is -1.64. The number of nitrogens with one attached hydrogen (secondary N) is 1. The number of aryl methyl sites for hydroxylation is 1. The van der Waals surface area contributed by atoms with Crippen molar-refractivity contribution < 1.29 is 4.74 Å². The number of anilines is 1. The number of hydrogen-bond acceptors (Lipinski definition) is 2. The molecule has 0 amide bonds. The molecule has 0 spiro atoms. The summed E-state index contributed by atoms with van der Waals surface area (Å²) in [6.07, 6.45) is 1.71. The second kappa shape index (κ2) is 7.39. The maximum absolute atomic E-state index is 6.12. The molecule has 0 aliphatic carbocycles. The molecule has 2 aromatic rings. The fourth-order valence-electron chi connectivity index (χ4n) is 1.88. The maximum atomic E-state index is 6.12. The lowest BCUT2D eigenvalue weighted by molar-refractivity contribution is 0.359. The monoisotopic (exact) mass is 321 g/mol. The van der Waals surface area contributed by atoms with Crippen LogP contribution in [0, 0.1) is 6.92 Å². The highest BCUT2D eigenvalue weighted by atomic mass is 35.5. The van der Waals surface area contributed by atoms with Crippen LogP contribution in [0.5, 0.6) is 5.75 Å².